The van der Waals surface area contributed by atoms with E-state index in [9.17, 15) is 0 Å². The van der Waals surface area contributed by atoms with Gasteiger partial charge in [0.1, 0.15) is 0 Å². The van der Waals surface area contributed by atoms with E-state index in [1.54, 1.807) is 0 Å². The van der Waals surface area contributed by atoms with Crippen LogP contribution in [0.3, 0.4) is 0 Å². The first-order valence-electron chi connectivity index (χ1n) is 10.1. The van der Waals surface area contributed by atoms with Crippen LogP contribution >= 0.6 is 23.8 Å². The Kier molecular flexibility index (Phi) is 6.41. The number of nitrogens with one attached hydrogen (secondary N) is 2. The number of piperazine rings is 1. The monoisotopic (exact) mass is 436 g/mol. The quantitative estimate of drug-likeness (QED) is 0.496. The molecule has 1 heterocycles. The average Bonchev–Trinajstić information content (AvgIpc) is 2.77. The van der Waals surface area contributed by atoms with Crippen molar-refractivity contribution >= 4 is 51.7 Å². The van der Waals surface area contributed by atoms with E-state index >= 15 is 0 Å². The molecule has 0 bridgehead atoms. The molecule has 3 aromatic rings. The van der Waals surface area contributed by atoms with Crippen LogP contribution in [0.15, 0.2) is 72.8 Å². The standard InChI is InChI=1S/C24H25ClN4S/c1-18-7-8-19(25)17-23(18)28-13-15-29(16-14-28)24(30)27-22-11-9-21(10-12-22)26-20-5-3-2-4-6-20/h2-12,17,26H,13-16H2,1H3,(H,27,30). The molecule has 1 saturated heterocycles. The number of rotatable bonds is 4. The van der Waals surface area contributed by atoms with Gasteiger partial charge in [0.25, 0.3) is 0 Å². The van der Waals surface area contributed by atoms with Crippen LogP contribution in [0.5, 0.6) is 0 Å². The maximum atomic E-state index is 6.19. The van der Waals surface area contributed by atoms with Crippen molar-refractivity contribution in [3.8, 4) is 0 Å². The first-order valence-corrected chi connectivity index (χ1v) is 10.9. The molecule has 0 unspecified atom stereocenters. The number of halogens is 1. The highest BCUT2D eigenvalue weighted by molar-refractivity contribution is 7.80. The first-order chi connectivity index (χ1) is 14.6. The minimum atomic E-state index is 0.765. The molecule has 154 valence electrons. The zero-order chi connectivity index (χ0) is 20.9. The number of aryl methyl sites for hydroxylation is 1. The third kappa shape index (κ3) is 5.04. The van der Waals surface area contributed by atoms with E-state index < -0.39 is 0 Å². The fraction of sp³-hybridized carbons (Fsp3) is 0.208. The molecule has 1 aliphatic heterocycles. The van der Waals surface area contributed by atoms with Gasteiger partial charge in [-0.05, 0) is 73.2 Å². The highest BCUT2D eigenvalue weighted by Gasteiger charge is 2.20. The molecule has 6 heteroatoms. The number of para-hydroxylation sites is 1. The normalized spacial score (nSPS) is 13.8. The van der Waals surface area contributed by atoms with Crippen LogP contribution in [0.25, 0.3) is 0 Å². The molecule has 0 saturated carbocycles. The number of hydrogen-bond donors (Lipinski definition) is 2. The van der Waals surface area contributed by atoms with Crippen LogP contribution in [0.1, 0.15) is 5.56 Å². The van der Waals surface area contributed by atoms with Gasteiger partial charge in [-0.2, -0.15) is 0 Å². The van der Waals surface area contributed by atoms with Crippen LogP contribution in [0, 0.1) is 6.92 Å². The fourth-order valence-electron chi connectivity index (χ4n) is 3.60. The molecule has 0 spiro atoms. The summed E-state index contributed by atoms with van der Waals surface area (Å²) in [6.07, 6.45) is 0. The number of anilines is 4. The lowest BCUT2D eigenvalue weighted by Gasteiger charge is -2.38. The average molecular weight is 437 g/mol. The van der Waals surface area contributed by atoms with Crippen molar-refractivity contribution in [3.05, 3.63) is 83.4 Å². The third-order valence-corrected chi connectivity index (χ3v) is 5.87. The minimum absolute atomic E-state index is 0.765. The van der Waals surface area contributed by atoms with Crippen LogP contribution in [0.2, 0.25) is 5.02 Å². The SMILES string of the molecule is Cc1ccc(Cl)cc1N1CCN(C(=S)Nc2ccc(Nc3ccccc3)cc2)CC1. The second-order valence-corrected chi connectivity index (χ2v) is 8.23. The van der Waals surface area contributed by atoms with E-state index in [0.717, 1.165) is 53.4 Å². The summed E-state index contributed by atoms with van der Waals surface area (Å²) in [6, 6.07) is 24.4. The number of nitrogens with zero attached hydrogens (tertiary/aromatic N) is 2. The van der Waals surface area contributed by atoms with Gasteiger partial charge in [0, 0.05) is 54.0 Å². The Morgan fingerprint density at radius 3 is 2.17 bits per heavy atom. The summed E-state index contributed by atoms with van der Waals surface area (Å²) in [5.41, 5.74) is 5.57. The van der Waals surface area contributed by atoms with Crippen LogP contribution in [0.4, 0.5) is 22.7 Å². The Bertz CT molecular complexity index is 999. The second-order valence-electron chi connectivity index (χ2n) is 7.40. The molecule has 0 atom stereocenters. The van der Waals surface area contributed by atoms with Crippen molar-refractivity contribution in [2.45, 2.75) is 6.92 Å². The van der Waals surface area contributed by atoms with Gasteiger partial charge in [-0.3, -0.25) is 0 Å². The van der Waals surface area contributed by atoms with Crippen LogP contribution in [-0.4, -0.2) is 36.2 Å². The first kappa shape index (κ1) is 20.5. The summed E-state index contributed by atoms with van der Waals surface area (Å²) >= 11 is 11.8. The summed E-state index contributed by atoms with van der Waals surface area (Å²) in [5, 5.41) is 8.30. The van der Waals surface area contributed by atoms with E-state index in [0.29, 0.717) is 0 Å². The van der Waals surface area contributed by atoms with Gasteiger partial charge in [-0.25, -0.2) is 0 Å². The highest BCUT2D eigenvalue weighted by Crippen LogP contribution is 2.25. The van der Waals surface area contributed by atoms with E-state index in [4.69, 9.17) is 23.8 Å². The van der Waals surface area contributed by atoms with Crippen molar-refractivity contribution in [2.24, 2.45) is 0 Å². The minimum Gasteiger partial charge on any atom is -0.368 e. The molecule has 0 aliphatic carbocycles. The van der Waals surface area contributed by atoms with Crippen molar-refractivity contribution < 1.29 is 0 Å². The fourth-order valence-corrected chi connectivity index (χ4v) is 4.07. The lowest BCUT2D eigenvalue weighted by atomic mass is 10.1. The molecule has 1 aliphatic rings. The maximum absolute atomic E-state index is 6.19. The Labute approximate surface area is 188 Å². The van der Waals surface area contributed by atoms with Gasteiger partial charge < -0.3 is 20.4 Å². The summed E-state index contributed by atoms with van der Waals surface area (Å²) in [6.45, 7) is 5.73. The van der Waals surface area contributed by atoms with Gasteiger partial charge in [0.05, 0.1) is 0 Å². The van der Waals surface area contributed by atoms with Gasteiger partial charge in [0.15, 0.2) is 5.11 Å². The Morgan fingerprint density at radius 2 is 1.47 bits per heavy atom. The van der Waals surface area contributed by atoms with Gasteiger partial charge in [0.2, 0.25) is 0 Å². The van der Waals surface area contributed by atoms with E-state index in [-0.39, 0.29) is 0 Å². The summed E-state index contributed by atoms with van der Waals surface area (Å²) < 4.78 is 0. The number of benzene rings is 3. The summed E-state index contributed by atoms with van der Waals surface area (Å²) in [5.74, 6) is 0. The second kappa shape index (κ2) is 9.37. The van der Waals surface area contributed by atoms with Crippen molar-refractivity contribution in [1.29, 1.82) is 0 Å². The highest BCUT2D eigenvalue weighted by atomic mass is 35.5. The lowest BCUT2D eigenvalue weighted by molar-refractivity contribution is 0.390. The van der Waals surface area contributed by atoms with E-state index in [1.165, 1.54) is 11.3 Å². The molecular formula is C24H25ClN4S. The molecule has 3 aromatic carbocycles. The Morgan fingerprint density at radius 1 is 0.833 bits per heavy atom. The van der Waals surface area contributed by atoms with Crippen LogP contribution in [-0.2, 0) is 0 Å². The molecule has 2 N–H and O–H groups in total. The van der Waals surface area contributed by atoms with E-state index in [2.05, 4.69) is 45.6 Å². The predicted molar refractivity (Wildman–Crippen MR) is 132 cm³/mol. The zero-order valence-electron chi connectivity index (χ0n) is 16.9. The Balaban J connectivity index is 1.31. The topological polar surface area (TPSA) is 30.5 Å². The molecule has 0 amide bonds. The zero-order valence-corrected chi connectivity index (χ0v) is 18.5. The predicted octanol–water partition coefficient (Wildman–Crippen LogP) is 5.91. The maximum Gasteiger partial charge on any atom is 0.173 e. The molecule has 0 radical (unpaired) electrons. The van der Waals surface area contributed by atoms with Gasteiger partial charge in [-0.1, -0.05) is 35.9 Å². The summed E-state index contributed by atoms with van der Waals surface area (Å²) in [4.78, 5) is 4.60. The molecule has 0 aromatic heterocycles. The largest absolute Gasteiger partial charge is 0.368 e. The molecule has 1 fully saturated rings. The number of hydrogen-bond acceptors (Lipinski definition) is 3. The van der Waals surface area contributed by atoms with Gasteiger partial charge in [-0.15, -0.1) is 0 Å². The molecule has 4 rings (SSSR count). The number of thiocarbonyl (C=S) groups is 1. The van der Waals surface area contributed by atoms with Crippen molar-refractivity contribution in [1.82, 2.24) is 4.90 Å². The van der Waals surface area contributed by atoms with Crippen molar-refractivity contribution in [3.63, 3.8) is 0 Å². The Hall–Kier alpha value is -2.76. The third-order valence-electron chi connectivity index (χ3n) is 5.28. The van der Waals surface area contributed by atoms with Crippen molar-refractivity contribution in [2.75, 3.05) is 41.7 Å². The molecular weight excluding hydrogens is 412 g/mol. The lowest BCUT2D eigenvalue weighted by Crippen LogP contribution is -2.50. The smallest absolute Gasteiger partial charge is 0.173 e. The molecule has 4 nitrogen and oxygen atoms in total. The van der Waals surface area contributed by atoms with E-state index in [1.807, 2.05) is 54.6 Å². The van der Waals surface area contributed by atoms with Gasteiger partial charge >= 0.3 is 0 Å². The summed E-state index contributed by atoms with van der Waals surface area (Å²) in [7, 11) is 0. The van der Waals surface area contributed by atoms with Crippen LogP contribution < -0.4 is 15.5 Å². The molecule has 30 heavy (non-hydrogen) atoms.